The molecule has 0 amide bonds. The van der Waals surface area contributed by atoms with Crippen LogP contribution in [0.2, 0.25) is 0 Å². The Kier molecular flexibility index (Phi) is 5.29. The number of nitrogens with one attached hydrogen (secondary N) is 1. The van der Waals surface area contributed by atoms with E-state index in [-0.39, 0.29) is 0 Å². The second-order valence-electron chi connectivity index (χ2n) is 6.41. The number of hydrogen-bond donors (Lipinski definition) is 1. The van der Waals surface area contributed by atoms with Gasteiger partial charge in [0.25, 0.3) is 0 Å². The lowest BCUT2D eigenvalue weighted by Gasteiger charge is -2.38. The summed E-state index contributed by atoms with van der Waals surface area (Å²) in [5, 5.41) is 3.82. The topological polar surface area (TPSA) is 12.0 Å². The van der Waals surface area contributed by atoms with Gasteiger partial charge >= 0.3 is 0 Å². The maximum atomic E-state index is 3.82. The molecule has 1 N–H and O–H groups in total. The van der Waals surface area contributed by atoms with E-state index in [0.29, 0.717) is 5.41 Å². The van der Waals surface area contributed by atoms with Crippen LogP contribution in [0.3, 0.4) is 0 Å². The van der Waals surface area contributed by atoms with Crippen LogP contribution in [0.25, 0.3) is 0 Å². The van der Waals surface area contributed by atoms with Crippen LogP contribution in [0.4, 0.5) is 0 Å². The third-order valence-corrected chi connectivity index (χ3v) is 4.74. The van der Waals surface area contributed by atoms with Crippen molar-refractivity contribution in [2.45, 2.75) is 84.1 Å². The third-order valence-electron chi connectivity index (χ3n) is 4.74. The molecule has 0 heterocycles. The lowest BCUT2D eigenvalue weighted by Crippen LogP contribution is -2.37. The Labute approximate surface area is 113 Å². The van der Waals surface area contributed by atoms with Gasteiger partial charge < -0.3 is 5.32 Å². The van der Waals surface area contributed by atoms with Crippen molar-refractivity contribution >= 4 is 0 Å². The fourth-order valence-electron chi connectivity index (χ4n) is 3.64. The second kappa shape index (κ2) is 6.75. The second-order valence-corrected chi connectivity index (χ2v) is 6.41. The highest BCUT2D eigenvalue weighted by Gasteiger charge is 2.34. The molecule has 0 bridgehead atoms. The van der Waals surface area contributed by atoms with E-state index in [4.69, 9.17) is 0 Å². The number of hydrogen-bond acceptors (Lipinski definition) is 1. The zero-order valence-electron chi connectivity index (χ0n) is 12.4. The predicted molar refractivity (Wildman–Crippen MR) is 79.8 cm³/mol. The van der Waals surface area contributed by atoms with Crippen molar-refractivity contribution in [3.05, 3.63) is 11.6 Å². The van der Waals surface area contributed by atoms with Gasteiger partial charge in [0.1, 0.15) is 0 Å². The van der Waals surface area contributed by atoms with Crippen LogP contribution >= 0.6 is 0 Å². The summed E-state index contributed by atoms with van der Waals surface area (Å²) >= 11 is 0. The Hall–Kier alpha value is -0.300. The van der Waals surface area contributed by atoms with Gasteiger partial charge in [0, 0.05) is 18.0 Å². The van der Waals surface area contributed by atoms with Crippen LogP contribution in [0, 0.1) is 5.41 Å². The Morgan fingerprint density at radius 2 is 1.89 bits per heavy atom. The Morgan fingerprint density at radius 3 is 2.39 bits per heavy atom. The molecule has 0 aromatic carbocycles. The van der Waals surface area contributed by atoms with E-state index in [1.54, 1.807) is 5.57 Å². The fraction of sp³-hybridized carbons (Fsp3) is 0.882. The molecule has 0 saturated heterocycles. The number of allylic oxidation sites excluding steroid dienone is 1. The SMILES string of the molecule is CCCC(CCC)(CNC1CC1)C1=CCCCC1. The summed E-state index contributed by atoms with van der Waals surface area (Å²) in [5.41, 5.74) is 2.29. The fourth-order valence-corrected chi connectivity index (χ4v) is 3.64. The maximum Gasteiger partial charge on any atom is 0.00685 e. The molecular weight excluding hydrogens is 218 g/mol. The predicted octanol–water partition coefficient (Wildman–Crippen LogP) is 4.83. The first-order valence-electron chi connectivity index (χ1n) is 8.23. The summed E-state index contributed by atoms with van der Waals surface area (Å²) in [4.78, 5) is 0. The summed E-state index contributed by atoms with van der Waals surface area (Å²) in [6, 6.07) is 0.849. The van der Waals surface area contributed by atoms with Gasteiger partial charge in [-0.05, 0) is 51.4 Å². The highest BCUT2D eigenvalue weighted by Crippen LogP contribution is 2.42. The molecule has 0 aromatic heterocycles. The molecule has 0 radical (unpaired) electrons. The third kappa shape index (κ3) is 3.60. The zero-order chi connectivity index (χ0) is 12.8. The highest BCUT2D eigenvalue weighted by atomic mass is 15.0. The molecule has 2 aliphatic rings. The Bertz CT molecular complexity index is 269. The summed E-state index contributed by atoms with van der Waals surface area (Å²) < 4.78 is 0. The minimum atomic E-state index is 0.493. The average molecular weight is 249 g/mol. The monoisotopic (exact) mass is 249 g/mol. The summed E-state index contributed by atoms with van der Waals surface area (Å²) in [7, 11) is 0. The molecule has 2 rings (SSSR count). The van der Waals surface area contributed by atoms with Gasteiger partial charge in [0.15, 0.2) is 0 Å². The highest BCUT2D eigenvalue weighted by molar-refractivity contribution is 5.18. The van der Waals surface area contributed by atoms with Crippen LogP contribution < -0.4 is 5.32 Å². The van der Waals surface area contributed by atoms with Crippen molar-refractivity contribution in [3.63, 3.8) is 0 Å². The van der Waals surface area contributed by atoms with Crippen molar-refractivity contribution in [2.24, 2.45) is 5.41 Å². The first-order valence-corrected chi connectivity index (χ1v) is 8.23. The summed E-state index contributed by atoms with van der Waals surface area (Å²) in [6.45, 7) is 5.95. The first kappa shape index (κ1) is 14.1. The van der Waals surface area contributed by atoms with Gasteiger partial charge in [0.2, 0.25) is 0 Å². The van der Waals surface area contributed by atoms with Crippen molar-refractivity contribution in [2.75, 3.05) is 6.54 Å². The van der Waals surface area contributed by atoms with E-state index in [0.717, 1.165) is 6.04 Å². The molecule has 0 aliphatic heterocycles. The minimum absolute atomic E-state index is 0.493. The summed E-state index contributed by atoms with van der Waals surface area (Å²) in [6.07, 6.45) is 16.3. The van der Waals surface area contributed by atoms with Crippen LogP contribution in [0.1, 0.15) is 78.1 Å². The lowest BCUT2D eigenvalue weighted by molar-refractivity contribution is 0.263. The Balaban J connectivity index is 2.07. The van der Waals surface area contributed by atoms with Gasteiger partial charge in [-0.15, -0.1) is 0 Å². The van der Waals surface area contributed by atoms with E-state index in [1.165, 1.54) is 70.8 Å². The summed E-state index contributed by atoms with van der Waals surface area (Å²) in [5.74, 6) is 0. The van der Waals surface area contributed by atoms with Gasteiger partial charge in [-0.1, -0.05) is 38.3 Å². The van der Waals surface area contributed by atoms with Gasteiger partial charge in [-0.3, -0.25) is 0 Å². The van der Waals surface area contributed by atoms with Crippen molar-refractivity contribution in [1.82, 2.24) is 5.32 Å². The molecule has 0 atom stereocenters. The molecule has 1 fully saturated rings. The average Bonchev–Trinajstić information content (AvgIpc) is 3.22. The van der Waals surface area contributed by atoms with E-state index in [9.17, 15) is 0 Å². The molecule has 1 nitrogen and oxygen atoms in total. The van der Waals surface area contributed by atoms with E-state index >= 15 is 0 Å². The van der Waals surface area contributed by atoms with Gasteiger partial charge in [-0.2, -0.15) is 0 Å². The molecule has 0 aromatic rings. The lowest BCUT2D eigenvalue weighted by atomic mass is 9.69. The smallest absolute Gasteiger partial charge is 0.00685 e. The molecular formula is C17H31N. The largest absolute Gasteiger partial charge is 0.313 e. The zero-order valence-corrected chi connectivity index (χ0v) is 12.4. The van der Waals surface area contributed by atoms with Crippen molar-refractivity contribution in [1.29, 1.82) is 0 Å². The standard InChI is InChI=1S/C17H31N/c1-3-12-17(13-4-2,14-18-16-10-11-16)15-8-6-5-7-9-15/h8,16,18H,3-7,9-14H2,1-2H3. The molecule has 18 heavy (non-hydrogen) atoms. The maximum absolute atomic E-state index is 3.82. The normalized spacial score (nSPS) is 20.9. The van der Waals surface area contributed by atoms with Crippen molar-refractivity contribution < 1.29 is 0 Å². The molecule has 104 valence electrons. The number of rotatable bonds is 8. The van der Waals surface area contributed by atoms with Crippen LogP contribution in [-0.4, -0.2) is 12.6 Å². The van der Waals surface area contributed by atoms with E-state index < -0.39 is 0 Å². The van der Waals surface area contributed by atoms with Crippen LogP contribution in [-0.2, 0) is 0 Å². The molecule has 1 saturated carbocycles. The van der Waals surface area contributed by atoms with Crippen molar-refractivity contribution in [3.8, 4) is 0 Å². The van der Waals surface area contributed by atoms with E-state index in [1.807, 2.05) is 0 Å². The Morgan fingerprint density at radius 1 is 1.17 bits per heavy atom. The van der Waals surface area contributed by atoms with Gasteiger partial charge in [0.05, 0.1) is 0 Å². The first-order chi connectivity index (χ1) is 8.80. The molecule has 0 unspecified atom stereocenters. The molecule has 0 spiro atoms. The quantitative estimate of drug-likeness (QED) is 0.608. The molecule has 2 aliphatic carbocycles. The van der Waals surface area contributed by atoms with Crippen LogP contribution in [0.5, 0.6) is 0 Å². The molecule has 1 heteroatoms. The van der Waals surface area contributed by atoms with Gasteiger partial charge in [-0.25, -0.2) is 0 Å². The minimum Gasteiger partial charge on any atom is -0.313 e. The van der Waals surface area contributed by atoms with E-state index in [2.05, 4.69) is 25.2 Å². The van der Waals surface area contributed by atoms with Crippen LogP contribution in [0.15, 0.2) is 11.6 Å².